The lowest BCUT2D eigenvalue weighted by atomic mass is 9.86. The molecule has 0 spiro atoms. The highest BCUT2D eigenvalue weighted by Crippen LogP contribution is 2.28. The molecule has 2 heterocycles. The van der Waals surface area contributed by atoms with Crippen molar-refractivity contribution >= 4 is 18.1 Å². The molecule has 20 heavy (non-hydrogen) atoms. The van der Waals surface area contributed by atoms with Crippen molar-refractivity contribution in [1.82, 2.24) is 14.3 Å². The molecule has 0 unspecified atom stereocenters. The topological polar surface area (TPSA) is 64.6 Å². The zero-order valence-corrected chi connectivity index (χ0v) is 12.0. The summed E-state index contributed by atoms with van der Waals surface area (Å²) in [6, 6.07) is 0.447. The van der Waals surface area contributed by atoms with E-state index in [0.29, 0.717) is 6.04 Å². The van der Waals surface area contributed by atoms with Crippen molar-refractivity contribution in [3.8, 4) is 0 Å². The van der Waals surface area contributed by atoms with Gasteiger partial charge in [0.25, 0.3) is 0 Å². The second kappa shape index (κ2) is 5.93. The third-order valence-electron chi connectivity index (χ3n) is 4.04. The monoisotopic (exact) mass is 293 g/mol. The Kier molecular flexibility index (Phi) is 4.03. The molecule has 0 bridgehead atoms. The Morgan fingerprint density at radius 3 is 3.00 bits per heavy atom. The molecule has 1 saturated carbocycles. The molecule has 0 aromatic rings. The van der Waals surface area contributed by atoms with Gasteiger partial charge >= 0.3 is 5.97 Å². The zero-order valence-electron chi connectivity index (χ0n) is 11.2. The van der Waals surface area contributed by atoms with E-state index >= 15 is 0 Å². The SMILES string of the molecule is O=C(O)C1CCC(NCC2=CC3=CNSN3C=C2)CC1. The second-order valence-corrected chi connectivity index (χ2v) is 6.22. The number of fused-ring (bicyclic) bond motifs is 1. The Bertz CT molecular complexity index is 479. The van der Waals surface area contributed by atoms with E-state index in [1.165, 1.54) is 11.3 Å². The van der Waals surface area contributed by atoms with Gasteiger partial charge in [-0.3, -0.25) is 9.10 Å². The van der Waals surface area contributed by atoms with Gasteiger partial charge < -0.3 is 15.1 Å². The predicted molar refractivity (Wildman–Crippen MR) is 79.3 cm³/mol. The van der Waals surface area contributed by atoms with Gasteiger partial charge in [-0.25, -0.2) is 0 Å². The smallest absolute Gasteiger partial charge is 0.306 e. The zero-order chi connectivity index (χ0) is 13.9. The van der Waals surface area contributed by atoms with Gasteiger partial charge in [-0.15, -0.1) is 0 Å². The first-order chi connectivity index (χ1) is 9.72. The molecular weight excluding hydrogens is 274 g/mol. The standard InChI is InChI=1S/C14H19N3O2S/c18-14(19)11-1-3-12(4-2-11)15-8-10-5-6-17-13(7-10)9-16-20-17/h5-7,9,11-12,15-16H,1-4,8H2,(H,18,19). The maximum Gasteiger partial charge on any atom is 0.306 e. The molecular formula is C14H19N3O2S. The number of carboxylic acid groups (broad SMARTS) is 1. The third-order valence-corrected chi connectivity index (χ3v) is 4.79. The number of hydrogen-bond donors (Lipinski definition) is 3. The molecule has 0 aromatic heterocycles. The van der Waals surface area contributed by atoms with Crippen molar-refractivity contribution in [1.29, 1.82) is 0 Å². The molecule has 2 aliphatic heterocycles. The molecule has 1 fully saturated rings. The van der Waals surface area contributed by atoms with Crippen LogP contribution in [0.4, 0.5) is 0 Å². The van der Waals surface area contributed by atoms with E-state index in [-0.39, 0.29) is 5.92 Å². The summed E-state index contributed by atoms with van der Waals surface area (Å²) in [6.45, 7) is 0.842. The quantitative estimate of drug-likeness (QED) is 0.689. The Balaban J connectivity index is 1.47. The predicted octanol–water partition coefficient (Wildman–Crippen LogP) is 1.98. The van der Waals surface area contributed by atoms with Crippen molar-refractivity contribution in [3.63, 3.8) is 0 Å². The number of rotatable bonds is 4. The van der Waals surface area contributed by atoms with Crippen LogP contribution in [0.5, 0.6) is 0 Å². The van der Waals surface area contributed by atoms with Crippen LogP contribution in [0.2, 0.25) is 0 Å². The van der Waals surface area contributed by atoms with Crippen molar-refractivity contribution in [2.24, 2.45) is 5.92 Å². The van der Waals surface area contributed by atoms with Gasteiger partial charge in [0.15, 0.2) is 0 Å². The van der Waals surface area contributed by atoms with Crippen molar-refractivity contribution in [2.45, 2.75) is 31.7 Å². The number of allylic oxidation sites excluding steroid dienone is 1. The van der Waals surface area contributed by atoms with Crippen LogP contribution in [0.15, 0.2) is 35.8 Å². The average molecular weight is 293 g/mol. The van der Waals surface area contributed by atoms with Crippen molar-refractivity contribution < 1.29 is 9.90 Å². The second-order valence-electron chi connectivity index (χ2n) is 5.41. The normalized spacial score (nSPS) is 28.5. The number of aliphatic carboxylic acids is 1. The van der Waals surface area contributed by atoms with E-state index < -0.39 is 5.97 Å². The van der Waals surface area contributed by atoms with Crippen LogP contribution < -0.4 is 10.0 Å². The first kappa shape index (κ1) is 13.6. The molecule has 3 aliphatic rings. The number of carboxylic acids is 1. The van der Waals surface area contributed by atoms with Gasteiger partial charge in [0.2, 0.25) is 0 Å². The number of hydrogen-bond acceptors (Lipinski definition) is 5. The summed E-state index contributed by atoms with van der Waals surface area (Å²) in [5.41, 5.74) is 2.43. The maximum absolute atomic E-state index is 10.9. The molecule has 0 amide bonds. The molecule has 3 N–H and O–H groups in total. The fraction of sp³-hybridized carbons (Fsp3) is 0.500. The number of nitrogens with one attached hydrogen (secondary N) is 2. The highest BCUT2D eigenvalue weighted by Gasteiger charge is 2.25. The first-order valence-electron chi connectivity index (χ1n) is 6.99. The van der Waals surface area contributed by atoms with E-state index in [0.717, 1.165) is 32.2 Å². The molecule has 0 aromatic carbocycles. The fourth-order valence-electron chi connectivity index (χ4n) is 2.80. The summed E-state index contributed by atoms with van der Waals surface area (Å²) in [5, 5.41) is 12.5. The molecule has 0 saturated heterocycles. The third kappa shape index (κ3) is 3.02. The van der Waals surface area contributed by atoms with E-state index in [2.05, 4.69) is 32.7 Å². The summed E-state index contributed by atoms with van der Waals surface area (Å²) < 4.78 is 5.20. The summed E-state index contributed by atoms with van der Waals surface area (Å²) in [5.74, 6) is -0.776. The summed E-state index contributed by atoms with van der Waals surface area (Å²) in [7, 11) is 0. The Hall–Kier alpha value is -1.40. The average Bonchev–Trinajstić information content (AvgIpc) is 2.93. The lowest BCUT2D eigenvalue weighted by molar-refractivity contribution is -0.142. The molecule has 6 heteroatoms. The van der Waals surface area contributed by atoms with E-state index in [9.17, 15) is 4.79 Å². The van der Waals surface area contributed by atoms with Crippen LogP contribution in [-0.4, -0.2) is 28.0 Å². The summed E-state index contributed by atoms with van der Waals surface area (Å²) in [6.07, 6.45) is 11.8. The minimum atomic E-state index is -0.639. The van der Waals surface area contributed by atoms with Crippen molar-refractivity contribution in [2.75, 3.05) is 6.54 Å². The maximum atomic E-state index is 10.9. The first-order valence-corrected chi connectivity index (χ1v) is 7.76. The Morgan fingerprint density at radius 2 is 2.25 bits per heavy atom. The minimum Gasteiger partial charge on any atom is -0.481 e. The van der Waals surface area contributed by atoms with E-state index in [1.807, 2.05) is 6.20 Å². The van der Waals surface area contributed by atoms with Crippen LogP contribution in [0.25, 0.3) is 0 Å². The van der Waals surface area contributed by atoms with E-state index in [4.69, 9.17) is 5.11 Å². The molecule has 1 aliphatic carbocycles. The van der Waals surface area contributed by atoms with Gasteiger partial charge in [-0.2, -0.15) is 0 Å². The lowest BCUT2D eigenvalue weighted by Gasteiger charge is -2.27. The molecule has 0 radical (unpaired) electrons. The van der Waals surface area contributed by atoms with Gasteiger partial charge in [0.1, 0.15) is 0 Å². The Labute approximate surface area is 123 Å². The largest absolute Gasteiger partial charge is 0.481 e. The van der Waals surface area contributed by atoms with Crippen LogP contribution in [-0.2, 0) is 4.79 Å². The van der Waals surface area contributed by atoms with Gasteiger partial charge in [0, 0.05) is 25.0 Å². The van der Waals surface area contributed by atoms with Crippen LogP contribution in [0.1, 0.15) is 25.7 Å². The Morgan fingerprint density at radius 1 is 1.45 bits per heavy atom. The van der Waals surface area contributed by atoms with Gasteiger partial charge in [-0.1, -0.05) is 0 Å². The molecule has 108 valence electrons. The molecule has 3 rings (SSSR count). The number of carbonyl (C=O) groups is 1. The van der Waals surface area contributed by atoms with E-state index in [1.54, 1.807) is 12.1 Å². The van der Waals surface area contributed by atoms with Crippen LogP contribution in [0.3, 0.4) is 0 Å². The summed E-state index contributed by atoms with van der Waals surface area (Å²) in [4.78, 5) is 10.9. The van der Waals surface area contributed by atoms with Crippen LogP contribution >= 0.6 is 12.1 Å². The molecule has 0 atom stereocenters. The molecule has 5 nitrogen and oxygen atoms in total. The summed E-state index contributed by atoms with van der Waals surface area (Å²) >= 11 is 1.56. The fourth-order valence-corrected chi connectivity index (χ4v) is 3.42. The minimum absolute atomic E-state index is 0.137. The highest BCUT2D eigenvalue weighted by atomic mass is 32.2. The number of nitrogens with zero attached hydrogens (tertiary/aromatic N) is 1. The van der Waals surface area contributed by atoms with Gasteiger partial charge in [0.05, 0.1) is 23.7 Å². The van der Waals surface area contributed by atoms with Gasteiger partial charge in [-0.05, 0) is 43.4 Å². The van der Waals surface area contributed by atoms with Crippen LogP contribution in [0, 0.1) is 5.92 Å². The van der Waals surface area contributed by atoms with Crippen molar-refractivity contribution in [3.05, 3.63) is 35.8 Å². The highest BCUT2D eigenvalue weighted by molar-refractivity contribution is 7.95. The lowest BCUT2D eigenvalue weighted by Crippen LogP contribution is -2.36.